The third-order valence-corrected chi connectivity index (χ3v) is 3.51. The van der Waals surface area contributed by atoms with Gasteiger partial charge in [-0.3, -0.25) is 0 Å². The zero-order chi connectivity index (χ0) is 12.5. The average Bonchev–Trinajstić information content (AvgIpc) is 2.36. The Hall–Kier alpha value is -0.700. The summed E-state index contributed by atoms with van der Waals surface area (Å²) in [6.07, 6.45) is 4.73. The van der Waals surface area contributed by atoms with E-state index in [1.165, 1.54) is 19.3 Å². The van der Waals surface area contributed by atoms with Gasteiger partial charge in [-0.1, -0.05) is 29.3 Å². The molecular weight excluding hydrogens is 280 g/mol. The van der Waals surface area contributed by atoms with Crippen molar-refractivity contribution in [3.8, 4) is 11.5 Å². The topological polar surface area (TPSA) is 18.5 Å². The second-order valence-corrected chi connectivity index (χ2v) is 5.35. The van der Waals surface area contributed by atoms with E-state index in [0.717, 1.165) is 24.5 Å². The molecule has 0 N–H and O–H groups in total. The smallest absolute Gasteiger partial charge is 0.119 e. The Bertz CT molecular complexity index is 298. The van der Waals surface area contributed by atoms with Gasteiger partial charge in [0.05, 0.1) is 13.7 Å². The van der Waals surface area contributed by atoms with Crippen molar-refractivity contribution in [1.82, 2.24) is 0 Å². The molecule has 1 aromatic rings. The number of halogens is 1. The van der Waals surface area contributed by atoms with Gasteiger partial charge in [-0.25, -0.2) is 0 Å². The van der Waals surface area contributed by atoms with Crippen molar-refractivity contribution in [2.75, 3.05) is 13.7 Å². The molecule has 1 aromatic carbocycles. The van der Waals surface area contributed by atoms with Crippen LogP contribution in [0.3, 0.4) is 0 Å². The summed E-state index contributed by atoms with van der Waals surface area (Å²) < 4.78 is 10.7. The summed E-state index contributed by atoms with van der Waals surface area (Å²) in [5.41, 5.74) is 0. The zero-order valence-electron chi connectivity index (χ0n) is 10.6. The molecule has 17 heavy (non-hydrogen) atoms. The largest absolute Gasteiger partial charge is 0.497 e. The van der Waals surface area contributed by atoms with Crippen molar-refractivity contribution >= 4 is 15.9 Å². The van der Waals surface area contributed by atoms with Crippen molar-refractivity contribution in [2.24, 2.45) is 0 Å². The number of hydrogen-bond acceptors (Lipinski definition) is 2. The van der Waals surface area contributed by atoms with Crippen molar-refractivity contribution in [3.05, 3.63) is 24.3 Å². The quantitative estimate of drug-likeness (QED) is 0.523. The molecule has 1 rings (SSSR count). The first-order valence-electron chi connectivity index (χ1n) is 6.17. The van der Waals surface area contributed by atoms with Crippen molar-refractivity contribution < 1.29 is 9.47 Å². The van der Waals surface area contributed by atoms with Gasteiger partial charge < -0.3 is 9.47 Å². The van der Waals surface area contributed by atoms with E-state index in [4.69, 9.17) is 9.47 Å². The van der Waals surface area contributed by atoms with E-state index in [9.17, 15) is 0 Å². The number of ether oxygens (including phenoxy) is 2. The van der Waals surface area contributed by atoms with E-state index < -0.39 is 0 Å². The van der Waals surface area contributed by atoms with Gasteiger partial charge in [-0.05, 0) is 43.5 Å². The van der Waals surface area contributed by atoms with Gasteiger partial charge in [-0.2, -0.15) is 0 Å². The highest BCUT2D eigenvalue weighted by atomic mass is 79.9. The standard InChI is InChI=1S/C14H21BrO2/c1-3-5-12(15)6-4-11-17-14-9-7-13(16-2)8-10-14/h7-10,12H,3-6,11H2,1-2H3. The van der Waals surface area contributed by atoms with Gasteiger partial charge in [0.2, 0.25) is 0 Å². The van der Waals surface area contributed by atoms with Crippen LogP contribution in [-0.4, -0.2) is 18.5 Å². The maximum absolute atomic E-state index is 5.66. The summed E-state index contributed by atoms with van der Waals surface area (Å²) in [4.78, 5) is 0.631. The number of rotatable bonds is 8. The monoisotopic (exact) mass is 300 g/mol. The van der Waals surface area contributed by atoms with E-state index in [2.05, 4.69) is 22.9 Å². The molecule has 1 atom stereocenters. The van der Waals surface area contributed by atoms with Crippen LogP contribution in [0.2, 0.25) is 0 Å². The minimum Gasteiger partial charge on any atom is -0.497 e. The van der Waals surface area contributed by atoms with Crippen LogP contribution in [0.15, 0.2) is 24.3 Å². The van der Waals surface area contributed by atoms with Gasteiger partial charge >= 0.3 is 0 Å². The van der Waals surface area contributed by atoms with Crippen molar-refractivity contribution in [2.45, 2.75) is 37.4 Å². The molecule has 0 saturated heterocycles. The maximum Gasteiger partial charge on any atom is 0.119 e. The van der Waals surface area contributed by atoms with Gasteiger partial charge in [0, 0.05) is 4.83 Å². The van der Waals surface area contributed by atoms with Crippen molar-refractivity contribution in [1.29, 1.82) is 0 Å². The van der Waals surface area contributed by atoms with Crippen LogP contribution >= 0.6 is 15.9 Å². The number of benzene rings is 1. The first kappa shape index (κ1) is 14.4. The molecule has 0 saturated carbocycles. The molecule has 0 amide bonds. The molecule has 0 spiro atoms. The summed E-state index contributed by atoms with van der Waals surface area (Å²) in [5, 5.41) is 0. The van der Waals surface area contributed by atoms with Gasteiger partial charge in [-0.15, -0.1) is 0 Å². The third kappa shape index (κ3) is 5.97. The van der Waals surface area contributed by atoms with Gasteiger partial charge in [0.25, 0.3) is 0 Å². The predicted octanol–water partition coefficient (Wildman–Crippen LogP) is 4.42. The molecule has 96 valence electrons. The van der Waals surface area contributed by atoms with Crippen LogP contribution in [0, 0.1) is 0 Å². The van der Waals surface area contributed by atoms with Crippen LogP contribution in [0.25, 0.3) is 0 Å². The number of hydrogen-bond donors (Lipinski definition) is 0. The molecule has 0 aromatic heterocycles. The van der Waals surface area contributed by atoms with E-state index >= 15 is 0 Å². The molecule has 0 heterocycles. The predicted molar refractivity (Wildman–Crippen MR) is 75.3 cm³/mol. The highest BCUT2D eigenvalue weighted by Crippen LogP contribution is 2.18. The zero-order valence-corrected chi connectivity index (χ0v) is 12.2. The summed E-state index contributed by atoms with van der Waals surface area (Å²) in [5.74, 6) is 1.77. The molecule has 0 aliphatic heterocycles. The minimum absolute atomic E-state index is 0.631. The molecule has 0 aliphatic carbocycles. The molecule has 0 bridgehead atoms. The molecule has 1 unspecified atom stereocenters. The summed E-state index contributed by atoms with van der Waals surface area (Å²) in [7, 11) is 1.67. The summed E-state index contributed by atoms with van der Waals surface area (Å²) >= 11 is 3.67. The molecule has 3 heteroatoms. The fourth-order valence-electron chi connectivity index (χ4n) is 1.62. The van der Waals surface area contributed by atoms with Gasteiger partial charge in [0.1, 0.15) is 11.5 Å². The first-order chi connectivity index (χ1) is 8.26. The molecule has 0 radical (unpaired) electrons. The molecule has 2 nitrogen and oxygen atoms in total. The van der Waals surface area contributed by atoms with E-state index in [-0.39, 0.29) is 0 Å². The fourth-order valence-corrected chi connectivity index (χ4v) is 2.41. The van der Waals surface area contributed by atoms with E-state index in [0.29, 0.717) is 4.83 Å². The lowest BCUT2D eigenvalue weighted by molar-refractivity contribution is 0.305. The highest BCUT2D eigenvalue weighted by Gasteiger charge is 2.02. The van der Waals surface area contributed by atoms with E-state index in [1.54, 1.807) is 7.11 Å². The second-order valence-electron chi connectivity index (χ2n) is 4.05. The summed E-state index contributed by atoms with van der Waals surface area (Å²) in [6, 6.07) is 7.71. The number of alkyl halides is 1. The Kier molecular flexibility index (Phi) is 7.10. The Morgan fingerprint density at radius 3 is 2.35 bits per heavy atom. The first-order valence-corrected chi connectivity index (χ1v) is 7.08. The van der Waals surface area contributed by atoms with E-state index in [1.807, 2.05) is 24.3 Å². The lowest BCUT2D eigenvalue weighted by Crippen LogP contribution is -2.03. The molecular formula is C14H21BrO2. The van der Waals surface area contributed by atoms with Crippen LogP contribution < -0.4 is 9.47 Å². The normalized spacial score (nSPS) is 12.2. The SMILES string of the molecule is CCCC(Br)CCCOc1ccc(OC)cc1. The third-order valence-electron chi connectivity index (χ3n) is 2.59. The summed E-state index contributed by atoms with van der Waals surface area (Å²) in [6.45, 7) is 2.99. The van der Waals surface area contributed by atoms with Crippen molar-refractivity contribution in [3.63, 3.8) is 0 Å². The van der Waals surface area contributed by atoms with Crippen LogP contribution in [-0.2, 0) is 0 Å². The minimum atomic E-state index is 0.631. The molecule has 0 fully saturated rings. The van der Waals surface area contributed by atoms with Crippen LogP contribution in [0.4, 0.5) is 0 Å². The Balaban J connectivity index is 2.17. The lowest BCUT2D eigenvalue weighted by Gasteiger charge is -2.09. The van der Waals surface area contributed by atoms with Gasteiger partial charge in [0.15, 0.2) is 0 Å². The average molecular weight is 301 g/mol. The number of methoxy groups -OCH3 is 1. The van der Waals surface area contributed by atoms with Crippen LogP contribution in [0.1, 0.15) is 32.6 Å². The maximum atomic E-state index is 5.66. The Labute approximate surface area is 112 Å². The Morgan fingerprint density at radius 1 is 1.12 bits per heavy atom. The Morgan fingerprint density at radius 2 is 1.76 bits per heavy atom. The highest BCUT2D eigenvalue weighted by molar-refractivity contribution is 9.09. The fraction of sp³-hybridized carbons (Fsp3) is 0.571. The second kappa shape index (κ2) is 8.40. The molecule has 0 aliphatic rings. The lowest BCUT2D eigenvalue weighted by atomic mass is 10.2. The van der Waals surface area contributed by atoms with Crippen LogP contribution in [0.5, 0.6) is 11.5 Å².